The van der Waals surface area contributed by atoms with Crippen LogP contribution in [-0.2, 0) is 6.54 Å². The maximum Gasteiger partial charge on any atom is 0.186 e. The third kappa shape index (κ3) is 4.03. The summed E-state index contributed by atoms with van der Waals surface area (Å²) in [6.07, 6.45) is 3.68. The summed E-state index contributed by atoms with van der Waals surface area (Å²) in [5.74, 6) is 1.82. The zero-order valence-corrected chi connectivity index (χ0v) is 17.9. The Morgan fingerprint density at radius 1 is 0.871 bits per heavy atom. The number of benzene rings is 2. The Bertz CT molecular complexity index is 1160. The number of rotatable bonds is 5. The highest BCUT2D eigenvalue weighted by atomic mass is 16.5. The second-order valence-corrected chi connectivity index (χ2v) is 7.92. The molecule has 0 aliphatic carbocycles. The molecule has 3 heterocycles. The molecular formula is C24H26N6O. The SMILES string of the molecule is COc1ccc(Cn2cc3c(N4CCN(c5ccc(C)cc5)CC4)ncnc3n2)cc1. The predicted molar refractivity (Wildman–Crippen MR) is 123 cm³/mol. The van der Waals surface area contributed by atoms with Crippen LogP contribution in [0, 0.1) is 6.92 Å². The molecule has 0 N–H and O–H groups in total. The molecule has 2 aromatic heterocycles. The van der Waals surface area contributed by atoms with E-state index < -0.39 is 0 Å². The van der Waals surface area contributed by atoms with E-state index in [0.29, 0.717) is 6.54 Å². The molecule has 1 saturated heterocycles. The molecule has 0 amide bonds. The quantitative estimate of drug-likeness (QED) is 0.498. The van der Waals surface area contributed by atoms with Gasteiger partial charge in [-0.3, -0.25) is 4.68 Å². The van der Waals surface area contributed by atoms with Gasteiger partial charge in [-0.15, -0.1) is 0 Å². The number of hydrogen-bond donors (Lipinski definition) is 0. The third-order valence-corrected chi connectivity index (χ3v) is 5.83. The fourth-order valence-corrected chi connectivity index (χ4v) is 4.06. The maximum absolute atomic E-state index is 5.24. The van der Waals surface area contributed by atoms with E-state index >= 15 is 0 Å². The standard InChI is InChI=1S/C24H26N6O/c1-18-3-7-20(8-4-18)28-11-13-29(14-12-28)24-22-16-30(27-23(22)25-17-26-24)15-19-5-9-21(31-2)10-6-19/h3-10,16-17H,11-15H2,1-2H3. The predicted octanol–water partition coefficient (Wildman–Crippen LogP) is 3.52. The average Bonchev–Trinajstić information content (AvgIpc) is 3.23. The number of methoxy groups -OCH3 is 1. The second kappa shape index (κ2) is 8.26. The molecule has 0 spiro atoms. The van der Waals surface area contributed by atoms with Crippen LogP contribution in [0.5, 0.6) is 5.75 Å². The topological polar surface area (TPSA) is 59.3 Å². The first-order valence-corrected chi connectivity index (χ1v) is 10.6. The molecule has 4 aromatic rings. The largest absolute Gasteiger partial charge is 0.497 e. The number of nitrogens with zero attached hydrogens (tertiary/aromatic N) is 6. The molecule has 0 atom stereocenters. The van der Waals surface area contributed by atoms with Crippen molar-refractivity contribution in [3.05, 3.63) is 72.2 Å². The van der Waals surface area contributed by atoms with Crippen molar-refractivity contribution in [1.82, 2.24) is 19.7 Å². The van der Waals surface area contributed by atoms with Crippen molar-refractivity contribution in [3.63, 3.8) is 0 Å². The van der Waals surface area contributed by atoms with Gasteiger partial charge in [0.1, 0.15) is 17.9 Å². The van der Waals surface area contributed by atoms with E-state index in [1.807, 2.05) is 16.8 Å². The molecule has 2 aromatic carbocycles. The molecule has 0 saturated carbocycles. The van der Waals surface area contributed by atoms with Crippen LogP contribution in [0.2, 0.25) is 0 Å². The second-order valence-electron chi connectivity index (χ2n) is 7.92. The number of ether oxygens (including phenoxy) is 1. The van der Waals surface area contributed by atoms with Crippen LogP contribution in [0.15, 0.2) is 61.1 Å². The summed E-state index contributed by atoms with van der Waals surface area (Å²) in [5, 5.41) is 5.67. The molecule has 0 unspecified atom stereocenters. The fourth-order valence-electron chi connectivity index (χ4n) is 4.06. The summed E-state index contributed by atoms with van der Waals surface area (Å²) >= 11 is 0. The number of piperazine rings is 1. The van der Waals surface area contributed by atoms with Gasteiger partial charge in [0.25, 0.3) is 0 Å². The normalized spacial score (nSPS) is 14.3. The molecule has 1 aliphatic heterocycles. The monoisotopic (exact) mass is 414 g/mol. The van der Waals surface area contributed by atoms with E-state index in [4.69, 9.17) is 4.74 Å². The van der Waals surface area contributed by atoms with Crippen LogP contribution in [0.4, 0.5) is 11.5 Å². The molecule has 5 rings (SSSR count). The summed E-state index contributed by atoms with van der Waals surface area (Å²) < 4.78 is 7.18. The van der Waals surface area contributed by atoms with Crippen molar-refractivity contribution < 1.29 is 4.74 Å². The van der Waals surface area contributed by atoms with Crippen molar-refractivity contribution in [3.8, 4) is 5.75 Å². The Morgan fingerprint density at radius 3 is 2.29 bits per heavy atom. The van der Waals surface area contributed by atoms with Gasteiger partial charge >= 0.3 is 0 Å². The van der Waals surface area contributed by atoms with Gasteiger partial charge in [-0.05, 0) is 36.8 Å². The molecule has 0 radical (unpaired) electrons. The van der Waals surface area contributed by atoms with E-state index in [9.17, 15) is 0 Å². The highest BCUT2D eigenvalue weighted by molar-refractivity contribution is 5.86. The number of hydrogen-bond acceptors (Lipinski definition) is 6. The number of aromatic nitrogens is 4. The summed E-state index contributed by atoms with van der Waals surface area (Å²) in [5.41, 5.74) is 4.47. The lowest BCUT2D eigenvalue weighted by atomic mass is 10.2. The lowest BCUT2D eigenvalue weighted by Crippen LogP contribution is -2.46. The number of fused-ring (bicyclic) bond motifs is 1. The van der Waals surface area contributed by atoms with Crippen LogP contribution in [0.25, 0.3) is 11.0 Å². The van der Waals surface area contributed by atoms with Gasteiger partial charge in [0.2, 0.25) is 0 Å². The van der Waals surface area contributed by atoms with Gasteiger partial charge in [-0.1, -0.05) is 29.8 Å². The van der Waals surface area contributed by atoms with Crippen molar-refractivity contribution in [2.75, 3.05) is 43.1 Å². The van der Waals surface area contributed by atoms with Crippen LogP contribution in [-0.4, -0.2) is 53.0 Å². The smallest absolute Gasteiger partial charge is 0.186 e. The van der Waals surface area contributed by atoms with Gasteiger partial charge in [-0.2, -0.15) is 5.10 Å². The molecule has 158 valence electrons. The lowest BCUT2D eigenvalue weighted by Gasteiger charge is -2.36. The summed E-state index contributed by atoms with van der Waals surface area (Å²) in [4.78, 5) is 13.8. The molecule has 0 bridgehead atoms. The van der Waals surface area contributed by atoms with Crippen LogP contribution < -0.4 is 14.5 Å². The first-order valence-electron chi connectivity index (χ1n) is 10.6. The van der Waals surface area contributed by atoms with Crippen molar-refractivity contribution in [1.29, 1.82) is 0 Å². The van der Waals surface area contributed by atoms with E-state index in [1.165, 1.54) is 11.3 Å². The van der Waals surface area contributed by atoms with Gasteiger partial charge < -0.3 is 14.5 Å². The Labute approximate surface area is 181 Å². The van der Waals surface area contributed by atoms with Gasteiger partial charge in [0, 0.05) is 38.1 Å². The zero-order chi connectivity index (χ0) is 21.2. The molecule has 1 aliphatic rings. The van der Waals surface area contributed by atoms with Gasteiger partial charge in [-0.25, -0.2) is 9.97 Å². The van der Waals surface area contributed by atoms with Crippen molar-refractivity contribution in [2.24, 2.45) is 0 Å². The average molecular weight is 415 g/mol. The first kappa shape index (κ1) is 19.4. The Kier molecular flexibility index (Phi) is 5.16. The van der Waals surface area contributed by atoms with Crippen molar-refractivity contribution in [2.45, 2.75) is 13.5 Å². The Morgan fingerprint density at radius 2 is 1.58 bits per heavy atom. The first-order chi connectivity index (χ1) is 15.2. The van der Waals surface area contributed by atoms with Crippen LogP contribution in [0.1, 0.15) is 11.1 Å². The molecule has 1 fully saturated rings. The van der Waals surface area contributed by atoms with Gasteiger partial charge in [0.05, 0.1) is 19.0 Å². The maximum atomic E-state index is 5.24. The fraction of sp³-hybridized carbons (Fsp3) is 0.292. The number of anilines is 2. The molecule has 7 nitrogen and oxygen atoms in total. The minimum absolute atomic E-state index is 0.682. The van der Waals surface area contributed by atoms with Crippen LogP contribution in [0.3, 0.4) is 0 Å². The number of aryl methyl sites for hydroxylation is 1. The highest BCUT2D eigenvalue weighted by Crippen LogP contribution is 2.25. The summed E-state index contributed by atoms with van der Waals surface area (Å²) in [6.45, 7) is 6.58. The van der Waals surface area contributed by atoms with Gasteiger partial charge in [0.15, 0.2) is 5.65 Å². The molecular weight excluding hydrogens is 388 g/mol. The Hall–Kier alpha value is -3.61. The van der Waals surface area contributed by atoms with E-state index in [0.717, 1.165) is 54.3 Å². The molecule has 7 heteroatoms. The Balaban J connectivity index is 1.32. The highest BCUT2D eigenvalue weighted by Gasteiger charge is 2.21. The van der Waals surface area contributed by atoms with Crippen LogP contribution >= 0.6 is 0 Å². The third-order valence-electron chi connectivity index (χ3n) is 5.83. The van der Waals surface area contributed by atoms with E-state index in [-0.39, 0.29) is 0 Å². The lowest BCUT2D eigenvalue weighted by molar-refractivity contribution is 0.414. The minimum Gasteiger partial charge on any atom is -0.497 e. The summed E-state index contributed by atoms with van der Waals surface area (Å²) in [6, 6.07) is 16.8. The van der Waals surface area contributed by atoms with E-state index in [1.54, 1.807) is 13.4 Å². The van der Waals surface area contributed by atoms with E-state index in [2.05, 4.69) is 74.4 Å². The zero-order valence-electron chi connectivity index (χ0n) is 17.9. The minimum atomic E-state index is 0.682. The van der Waals surface area contributed by atoms with Crippen molar-refractivity contribution >= 4 is 22.5 Å². The molecule has 31 heavy (non-hydrogen) atoms. The summed E-state index contributed by atoms with van der Waals surface area (Å²) in [7, 11) is 1.68.